The molecule has 0 aromatic heterocycles. The summed E-state index contributed by atoms with van der Waals surface area (Å²) < 4.78 is 22.5. The van der Waals surface area contributed by atoms with Crippen LogP contribution in [0.1, 0.15) is 13.3 Å². The second-order valence-corrected chi connectivity index (χ2v) is 6.30. The van der Waals surface area contributed by atoms with Gasteiger partial charge in [0.15, 0.2) is 9.84 Å². The Balaban J connectivity index is 2.44. The molecule has 0 aliphatic carbocycles. The Bertz CT molecular complexity index is 325. The van der Waals surface area contributed by atoms with Crippen LogP contribution in [0.2, 0.25) is 0 Å². The number of likely N-dealkylation sites (tertiary alicyclic amines) is 1. The summed E-state index contributed by atoms with van der Waals surface area (Å²) in [5, 5.41) is 8.88. The normalized spacial score (nSPS) is 22.4. The van der Waals surface area contributed by atoms with E-state index in [1.54, 1.807) is 6.92 Å². The van der Waals surface area contributed by atoms with E-state index < -0.39 is 9.84 Å². The van der Waals surface area contributed by atoms with E-state index in [0.29, 0.717) is 13.0 Å². The summed E-state index contributed by atoms with van der Waals surface area (Å²) in [4.78, 5) is 12.9. The second kappa shape index (κ2) is 4.94. The van der Waals surface area contributed by atoms with E-state index >= 15 is 0 Å². The number of nitrogens with zero attached hydrogens (tertiary/aromatic N) is 1. The number of hydrogen-bond donors (Lipinski definition) is 1. The van der Waals surface area contributed by atoms with Crippen molar-refractivity contribution < 1.29 is 18.3 Å². The number of rotatable bonds is 5. The zero-order chi connectivity index (χ0) is 11.5. The molecule has 1 aliphatic heterocycles. The molecule has 1 N–H and O–H groups in total. The molecule has 1 saturated heterocycles. The first-order valence-electron chi connectivity index (χ1n) is 5.07. The molecule has 1 amide bonds. The van der Waals surface area contributed by atoms with Crippen LogP contribution in [0, 0.1) is 5.92 Å². The third kappa shape index (κ3) is 3.46. The fraction of sp³-hybridized carbons (Fsp3) is 0.889. The molecular weight excluding hydrogens is 218 g/mol. The first-order chi connectivity index (χ1) is 6.98. The number of amides is 1. The molecule has 6 heteroatoms. The van der Waals surface area contributed by atoms with Crippen LogP contribution in [-0.2, 0) is 14.6 Å². The van der Waals surface area contributed by atoms with Crippen LogP contribution in [-0.4, -0.2) is 55.5 Å². The summed E-state index contributed by atoms with van der Waals surface area (Å²) in [6.07, 6.45) is 0.336. The number of aliphatic hydroxyl groups excluding tert-OH is 1. The van der Waals surface area contributed by atoms with Crippen LogP contribution in [0.15, 0.2) is 0 Å². The van der Waals surface area contributed by atoms with Crippen molar-refractivity contribution in [2.24, 2.45) is 5.92 Å². The van der Waals surface area contributed by atoms with Crippen molar-refractivity contribution in [3.05, 3.63) is 0 Å². The molecule has 0 aromatic carbocycles. The van der Waals surface area contributed by atoms with Gasteiger partial charge in [0, 0.05) is 37.8 Å². The molecular formula is C9H17NO4S. The van der Waals surface area contributed by atoms with Gasteiger partial charge in [-0.15, -0.1) is 0 Å². The maximum atomic E-state index is 11.4. The third-order valence-corrected chi connectivity index (χ3v) is 4.35. The van der Waals surface area contributed by atoms with Crippen molar-refractivity contribution in [3.63, 3.8) is 0 Å². The van der Waals surface area contributed by atoms with Crippen molar-refractivity contribution in [1.82, 2.24) is 4.90 Å². The Morgan fingerprint density at radius 3 is 2.67 bits per heavy atom. The highest BCUT2D eigenvalue weighted by atomic mass is 32.2. The molecule has 88 valence electrons. The summed E-state index contributed by atoms with van der Waals surface area (Å²) in [5.74, 6) is 0.0495. The number of aliphatic hydroxyl groups is 1. The molecule has 0 bridgehead atoms. The molecule has 1 unspecified atom stereocenters. The van der Waals surface area contributed by atoms with Crippen LogP contribution in [0.5, 0.6) is 0 Å². The lowest BCUT2D eigenvalue weighted by atomic mass is 10.1. The van der Waals surface area contributed by atoms with Gasteiger partial charge >= 0.3 is 0 Å². The molecule has 0 aromatic rings. The molecule has 0 radical (unpaired) electrons. The smallest absolute Gasteiger partial charge is 0.223 e. The van der Waals surface area contributed by atoms with Gasteiger partial charge < -0.3 is 10.0 Å². The van der Waals surface area contributed by atoms with Crippen molar-refractivity contribution in [3.8, 4) is 0 Å². The van der Waals surface area contributed by atoms with Gasteiger partial charge in [-0.05, 0) is 0 Å². The maximum absolute atomic E-state index is 11.4. The molecule has 1 heterocycles. The summed E-state index contributed by atoms with van der Waals surface area (Å²) >= 11 is 0. The largest absolute Gasteiger partial charge is 0.396 e. The summed E-state index contributed by atoms with van der Waals surface area (Å²) in [6.45, 7) is 2.32. The monoisotopic (exact) mass is 235 g/mol. The molecule has 1 rings (SSSR count). The lowest BCUT2D eigenvalue weighted by Gasteiger charge is -2.15. The fourth-order valence-corrected chi connectivity index (χ4v) is 2.37. The minimum atomic E-state index is -3.01. The van der Waals surface area contributed by atoms with Crippen LogP contribution in [0.4, 0.5) is 0 Å². The molecule has 0 spiro atoms. The SMILES string of the molecule is CCS(=O)(=O)CCN1CC(CO)CC1=O. The average Bonchev–Trinajstić information content (AvgIpc) is 2.57. The fourth-order valence-electron chi connectivity index (χ4n) is 1.59. The first-order valence-corrected chi connectivity index (χ1v) is 6.89. The third-order valence-electron chi connectivity index (χ3n) is 2.66. The predicted molar refractivity (Wildman–Crippen MR) is 56.1 cm³/mol. The second-order valence-electron chi connectivity index (χ2n) is 3.83. The summed E-state index contributed by atoms with van der Waals surface area (Å²) in [5.41, 5.74) is 0. The van der Waals surface area contributed by atoms with Crippen molar-refractivity contribution in [2.45, 2.75) is 13.3 Å². The van der Waals surface area contributed by atoms with Gasteiger partial charge in [0.25, 0.3) is 0 Å². The average molecular weight is 235 g/mol. The van der Waals surface area contributed by atoms with Gasteiger partial charge in [-0.3, -0.25) is 4.79 Å². The molecule has 0 saturated carbocycles. The highest BCUT2D eigenvalue weighted by Crippen LogP contribution is 2.16. The molecule has 1 atom stereocenters. The van der Waals surface area contributed by atoms with Gasteiger partial charge in [-0.1, -0.05) is 6.92 Å². The van der Waals surface area contributed by atoms with E-state index in [1.165, 1.54) is 4.90 Å². The van der Waals surface area contributed by atoms with Gasteiger partial charge in [0.05, 0.1) is 5.75 Å². The molecule has 1 fully saturated rings. The zero-order valence-corrected chi connectivity index (χ0v) is 9.66. The first kappa shape index (κ1) is 12.4. The quantitative estimate of drug-likeness (QED) is 0.681. The topological polar surface area (TPSA) is 74.7 Å². The minimum absolute atomic E-state index is 0.0111. The van der Waals surface area contributed by atoms with E-state index in [1.807, 2.05) is 0 Å². The van der Waals surface area contributed by atoms with Crippen LogP contribution >= 0.6 is 0 Å². The molecule has 1 aliphatic rings. The van der Waals surface area contributed by atoms with E-state index in [-0.39, 0.29) is 36.5 Å². The Morgan fingerprint density at radius 2 is 2.20 bits per heavy atom. The standard InChI is InChI=1S/C9H17NO4S/c1-2-15(13,14)4-3-10-6-8(7-11)5-9(10)12/h8,11H,2-7H2,1H3. The maximum Gasteiger partial charge on any atom is 0.223 e. The van der Waals surface area contributed by atoms with E-state index in [0.717, 1.165) is 0 Å². The van der Waals surface area contributed by atoms with E-state index in [2.05, 4.69) is 0 Å². The number of hydrogen-bond acceptors (Lipinski definition) is 4. The molecule has 5 nitrogen and oxygen atoms in total. The Morgan fingerprint density at radius 1 is 1.53 bits per heavy atom. The zero-order valence-electron chi connectivity index (χ0n) is 8.85. The lowest BCUT2D eigenvalue weighted by molar-refractivity contribution is -0.127. The Labute approximate surface area is 90.0 Å². The van der Waals surface area contributed by atoms with Crippen molar-refractivity contribution in [1.29, 1.82) is 0 Å². The number of carbonyl (C=O) groups is 1. The highest BCUT2D eigenvalue weighted by molar-refractivity contribution is 7.91. The molecule has 15 heavy (non-hydrogen) atoms. The summed E-state index contributed by atoms with van der Waals surface area (Å²) in [7, 11) is -3.01. The Hall–Kier alpha value is -0.620. The van der Waals surface area contributed by atoms with Crippen molar-refractivity contribution >= 4 is 15.7 Å². The van der Waals surface area contributed by atoms with E-state index in [9.17, 15) is 13.2 Å². The van der Waals surface area contributed by atoms with E-state index in [4.69, 9.17) is 5.11 Å². The van der Waals surface area contributed by atoms with Gasteiger partial charge in [-0.25, -0.2) is 8.42 Å². The van der Waals surface area contributed by atoms with Crippen LogP contribution in [0.3, 0.4) is 0 Å². The highest BCUT2D eigenvalue weighted by Gasteiger charge is 2.29. The van der Waals surface area contributed by atoms with Crippen molar-refractivity contribution in [2.75, 3.05) is 31.2 Å². The predicted octanol–water partition coefficient (Wildman–Crippen LogP) is -0.738. The number of carbonyl (C=O) groups excluding carboxylic acids is 1. The van der Waals surface area contributed by atoms with Crippen LogP contribution in [0.25, 0.3) is 0 Å². The van der Waals surface area contributed by atoms with Gasteiger partial charge in [0.1, 0.15) is 0 Å². The summed E-state index contributed by atoms with van der Waals surface area (Å²) in [6, 6.07) is 0. The number of sulfone groups is 1. The lowest BCUT2D eigenvalue weighted by Crippen LogP contribution is -2.31. The minimum Gasteiger partial charge on any atom is -0.396 e. The van der Waals surface area contributed by atoms with Gasteiger partial charge in [-0.2, -0.15) is 0 Å². The Kier molecular flexibility index (Phi) is 4.10. The van der Waals surface area contributed by atoms with Gasteiger partial charge in [0.2, 0.25) is 5.91 Å². The van der Waals surface area contributed by atoms with Crippen LogP contribution < -0.4 is 0 Å².